The zero-order valence-electron chi connectivity index (χ0n) is 32.8. The van der Waals surface area contributed by atoms with Gasteiger partial charge in [0.15, 0.2) is 0 Å². The van der Waals surface area contributed by atoms with E-state index in [9.17, 15) is 9.59 Å². The van der Waals surface area contributed by atoms with Crippen LogP contribution in [-0.2, 0) is 22.3 Å². The van der Waals surface area contributed by atoms with Crippen LogP contribution in [0.5, 0.6) is 0 Å². The van der Waals surface area contributed by atoms with Crippen LogP contribution in [0.1, 0.15) is 84.5 Å². The van der Waals surface area contributed by atoms with Crippen molar-refractivity contribution < 1.29 is 19.1 Å². The summed E-state index contributed by atoms with van der Waals surface area (Å²) in [6.07, 6.45) is 15.4. The highest BCUT2D eigenvalue weighted by molar-refractivity contribution is 7.09. The van der Waals surface area contributed by atoms with Gasteiger partial charge in [-0.05, 0) is 108 Å². The van der Waals surface area contributed by atoms with Crippen LogP contribution < -0.4 is 0 Å². The Bertz CT molecular complexity index is 1920. The largest absolute Gasteiger partial charge is 0.444 e. The van der Waals surface area contributed by atoms with E-state index in [1.165, 1.54) is 11.5 Å². The van der Waals surface area contributed by atoms with E-state index >= 15 is 0 Å². The third kappa shape index (κ3) is 11.4. The summed E-state index contributed by atoms with van der Waals surface area (Å²) < 4.78 is 18.7. The van der Waals surface area contributed by atoms with Crippen molar-refractivity contribution in [2.75, 3.05) is 26.2 Å². The molecule has 288 valence electrons. The molecular formula is C43H56N6O4S. The average molecular weight is 753 g/mol. The number of rotatable bonds is 15. The second kappa shape index (κ2) is 18.0. The first kappa shape index (κ1) is 40.4. The number of ether oxygens (including phenoxy) is 2. The van der Waals surface area contributed by atoms with E-state index in [1.807, 2.05) is 83.0 Å². The van der Waals surface area contributed by atoms with Gasteiger partial charge in [-0.1, -0.05) is 61.7 Å². The summed E-state index contributed by atoms with van der Waals surface area (Å²) in [5.74, 6) is 0.272. The standard InChI is InChI=1S/C43H56N6O4S/c1-9-15-31(10-2)24-34-26-38(54-46-34)37-29-49(39-36(37)27-44-30-45-39)35-19-18-33(25-35)28-48(41(51)53-43(6,7)8)22-14-21-47(40(50)52-42(3,4)5)23-20-32-16-12-11-13-17-32/h9-13,15-17,26-27,29-30,33,35H,1-2,14,18-25,28H2,3-8H3/b31-15+. The van der Waals surface area contributed by atoms with Gasteiger partial charge in [-0.2, -0.15) is 4.37 Å². The zero-order valence-corrected chi connectivity index (χ0v) is 33.6. The van der Waals surface area contributed by atoms with Gasteiger partial charge in [0, 0.05) is 62.0 Å². The van der Waals surface area contributed by atoms with E-state index in [4.69, 9.17) is 18.8 Å². The minimum absolute atomic E-state index is 0.220. The lowest BCUT2D eigenvalue weighted by molar-refractivity contribution is 0.0186. The molecule has 4 aromatic rings. The minimum atomic E-state index is -0.627. The van der Waals surface area contributed by atoms with Crippen LogP contribution in [0.2, 0.25) is 0 Å². The highest BCUT2D eigenvalue weighted by Crippen LogP contribution is 2.41. The molecule has 0 N–H and O–H groups in total. The van der Waals surface area contributed by atoms with E-state index in [0.29, 0.717) is 45.4 Å². The first-order valence-corrected chi connectivity index (χ1v) is 19.7. The van der Waals surface area contributed by atoms with Crippen LogP contribution in [0.15, 0.2) is 92.1 Å². The molecule has 11 heteroatoms. The van der Waals surface area contributed by atoms with Crippen LogP contribution >= 0.6 is 11.5 Å². The SMILES string of the molecule is C=C/C=C(\C=C)Cc1cc(-c2cn(C3CCC(CN(CCCN(CCc4ccccc4)C(=O)OC(C)(C)C)C(=O)OC(C)(C)C)C3)c3ncncc23)sn1. The molecule has 1 saturated carbocycles. The second-order valence-electron chi connectivity index (χ2n) is 16.1. The third-order valence-corrected chi connectivity index (χ3v) is 10.2. The third-order valence-electron chi connectivity index (χ3n) is 9.36. The highest BCUT2D eigenvalue weighted by Gasteiger charge is 2.32. The van der Waals surface area contributed by atoms with Gasteiger partial charge in [-0.25, -0.2) is 19.6 Å². The molecule has 10 nitrogen and oxygen atoms in total. The number of fused-ring (bicyclic) bond motifs is 1. The Kier molecular flexibility index (Phi) is 13.5. The van der Waals surface area contributed by atoms with Crippen molar-refractivity contribution in [3.8, 4) is 10.4 Å². The summed E-state index contributed by atoms with van der Waals surface area (Å²) >= 11 is 1.48. The summed E-state index contributed by atoms with van der Waals surface area (Å²) in [4.78, 5) is 40.6. The summed E-state index contributed by atoms with van der Waals surface area (Å²) in [5.41, 5.74) is 3.94. The maximum atomic E-state index is 13.6. The van der Waals surface area contributed by atoms with Crippen molar-refractivity contribution in [2.45, 2.75) is 97.3 Å². The Morgan fingerprint density at radius 3 is 2.37 bits per heavy atom. The molecule has 2 atom stereocenters. The molecule has 1 fully saturated rings. The van der Waals surface area contributed by atoms with E-state index in [-0.39, 0.29) is 24.1 Å². The second-order valence-corrected chi connectivity index (χ2v) is 16.9. The number of allylic oxidation sites excluding steroid dienone is 4. The van der Waals surface area contributed by atoms with Crippen LogP contribution in [0.4, 0.5) is 9.59 Å². The van der Waals surface area contributed by atoms with Gasteiger partial charge in [0.1, 0.15) is 23.2 Å². The maximum Gasteiger partial charge on any atom is 0.410 e. The minimum Gasteiger partial charge on any atom is -0.444 e. The summed E-state index contributed by atoms with van der Waals surface area (Å²) in [5, 5.41) is 0.999. The van der Waals surface area contributed by atoms with Crippen LogP contribution in [-0.4, -0.2) is 78.3 Å². The number of amides is 2. The maximum absolute atomic E-state index is 13.6. The number of hydrogen-bond donors (Lipinski definition) is 0. The van der Waals surface area contributed by atoms with Crippen LogP contribution in [0.3, 0.4) is 0 Å². The molecule has 3 aromatic heterocycles. The molecule has 0 saturated heterocycles. The predicted molar refractivity (Wildman–Crippen MR) is 218 cm³/mol. The fourth-order valence-electron chi connectivity index (χ4n) is 6.89. The van der Waals surface area contributed by atoms with Gasteiger partial charge in [0.05, 0.1) is 10.6 Å². The van der Waals surface area contributed by atoms with Gasteiger partial charge in [-0.3, -0.25) is 0 Å². The molecule has 0 spiro atoms. The number of hydrogen-bond acceptors (Lipinski definition) is 8. The smallest absolute Gasteiger partial charge is 0.410 e. The molecule has 2 amide bonds. The van der Waals surface area contributed by atoms with Gasteiger partial charge < -0.3 is 23.8 Å². The first-order chi connectivity index (χ1) is 25.7. The highest BCUT2D eigenvalue weighted by atomic mass is 32.1. The number of nitrogens with zero attached hydrogens (tertiary/aromatic N) is 6. The Hall–Kier alpha value is -4.77. The van der Waals surface area contributed by atoms with Crippen molar-refractivity contribution >= 4 is 34.8 Å². The molecule has 54 heavy (non-hydrogen) atoms. The van der Waals surface area contributed by atoms with Gasteiger partial charge in [0.25, 0.3) is 0 Å². The molecular weight excluding hydrogens is 697 g/mol. The van der Waals surface area contributed by atoms with Crippen molar-refractivity contribution in [3.05, 3.63) is 103 Å². The number of benzene rings is 1. The Morgan fingerprint density at radius 1 is 0.981 bits per heavy atom. The molecule has 2 unspecified atom stereocenters. The van der Waals surface area contributed by atoms with Crippen LogP contribution in [0.25, 0.3) is 21.5 Å². The lowest BCUT2D eigenvalue weighted by Crippen LogP contribution is -2.42. The lowest BCUT2D eigenvalue weighted by atomic mass is 10.1. The molecule has 5 rings (SSSR count). The van der Waals surface area contributed by atoms with E-state index in [1.54, 1.807) is 17.3 Å². The van der Waals surface area contributed by atoms with Crippen molar-refractivity contribution in [1.29, 1.82) is 0 Å². The number of carbonyl (C=O) groups is 2. The lowest BCUT2D eigenvalue weighted by Gasteiger charge is -2.31. The van der Waals surface area contributed by atoms with E-state index in [0.717, 1.165) is 57.6 Å². The van der Waals surface area contributed by atoms with Crippen molar-refractivity contribution in [2.24, 2.45) is 5.92 Å². The Balaban J connectivity index is 1.28. The molecule has 0 radical (unpaired) electrons. The fourth-order valence-corrected chi connectivity index (χ4v) is 7.67. The van der Waals surface area contributed by atoms with Gasteiger partial charge >= 0.3 is 12.2 Å². The molecule has 0 bridgehead atoms. The van der Waals surface area contributed by atoms with E-state index < -0.39 is 11.2 Å². The molecule has 1 aliphatic carbocycles. The molecule has 1 aliphatic rings. The van der Waals surface area contributed by atoms with Crippen molar-refractivity contribution in [3.63, 3.8) is 0 Å². The monoisotopic (exact) mass is 752 g/mol. The molecule has 3 heterocycles. The van der Waals surface area contributed by atoms with Gasteiger partial charge in [-0.15, -0.1) is 0 Å². The Morgan fingerprint density at radius 2 is 1.69 bits per heavy atom. The van der Waals surface area contributed by atoms with Gasteiger partial charge in [0.2, 0.25) is 0 Å². The molecule has 1 aromatic carbocycles. The van der Waals surface area contributed by atoms with E-state index in [2.05, 4.69) is 47.1 Å². The number of aromatic nitrogens is 4. The fraction of sp³-hybridized carbons (Fsp3) is 0.465. The van der Waals surface area contributed by atoms with Crippen molar-refractivity contribution in [1.82, 2.24) is 28.7 Å². The summed E-state index contributed by atoms with van der Waals surface area (Å²) in [6.45, 7) is 21.1. The normalized spacial score (nSPS) is 16.3. The quantitative estimate of drug-likeness (QED) is 0.111. The van der Waals surface area contributed by atoms with Crippen LogP contribution in [0, 0.1) is 5.92 Å². The predicted octanol–water partition coefficient (Wildman–Crippen LogP) is 9.84. The first-order valence-electron chi connectivity index (χ1n) is 18.9. The molecule has 0 aliphatic heterocycles. The Labute approximate surface area is 324 Å². The summed E-state index contributed by atoms with van der Waals surface area (Å²) in [6, 6.07) is 12.5. The topological polar surface area (TPSA) is 103 Å². The number of carbonyl (C=O) groups excluding carboxylic acids is 2. The average Bonchev–Trinajstić information content (AvgIpc) is 3.87. The summed E-state index contributed by atoms with van der Waals surface area (Å²) in [7, 11) is 0. The zero-order chi connectivity index (χ0) is 38.9.